The van der Waals surface area contributed by atoms with E-state index in [1.165, 1.54) is 0 Å². The van der Waals surface area contributed by atoms with Gasteiger partial charge in [-0.25, -0.2) is 0 Å². The van der Waals surface area contributed by atoms with Crippen LogP contribution in [-0.4, -0.2) is 12.1 Å². The maximum Gasteiger partial charge on any atom is 0.0916 e. The van der Waals surface area contributed by atoms with E-state index in [0.717, 1.165) is 6.42 Å². The zero-order valence-corrected chi connectivity index (χ0v) is 6.79. The van der Waals surface area contributed by atoms with Crippen molar-refractivity contribution in [3.63, 3.8) is 0 Å². The zero-order valence-electron chi connectivity index (χ0n) is 6.79. The molecule has 10 heavy (non-hydrogen) atoms. The van der Waals surface area contributed by atoms with Crippen LogP contribution in [0.1, 0.15) is 27.2 Å². The van der Waals surface area contributed by atoms with Crippen molar-refractivity contribution in [2.45, 2.75) is 39.3 Å². The molecule has 0 aliphatic heterocycles. The van der Waals surface area contributed by atoms with Crippen LogP contribution in [-0.2, 0) is 0 Å². The Bertz CT molecular complexity index is 104. The molecule has 0 radical (unpaired) electrons. The minimum Gasteiger partial charge on any atom is -0.675 e. The lowest BCUT2D eigenvalue weighted by molar-refractivity contribution is 0.437. The molecule has 3 heteroatoms. The molecule has 0 amide bonds. The molecular formula is C7H15N2O-. The van der Waals surface area contributed by atoms with Gasteiger partial charge in [-0.05, 0) is 12.8 Å². The monoisotopic (exact) mass is 143 g/mol. The molecule has 0 saturated carbocycles. The van der Waals surface area contributed by atoms with Crippen LogP contribution in [0.5, 0.6) is 0 Å². The van der Waals surface area contributed by atoms with Gasteiger partial charge >= 0.3 is 0 Å². The van der Waals surface area contributed by atoms with Crippen molar-refractivity contribution in [2.75, 3.05) is 0 Å². The van der Waals surface area contributed by atoms with Gasteiger partial charge in [-0.3, -0.25) is 0 Å². The van der Waals surface area contributed by atoms with E-state index in [-0.39, 0.29) is 18.0 Å². The Kier molecular flexibility index (Phi) is 4.19. The van der Waals surface area contributed by atoms with E-state index in [2.05, 4.69) is 5.18 Å². The van der Waals surface area contributed by atoms with E-state index in [1.54, 1.807) is 6.92 Å². The quantitative estimate of drug-likeness (QED) is 0.558. The van der Waals surface area contributed by atoms with Gasteiger partial charge < -0.3 is 5.73 Å². The highest BCUT2D eigenvalue weighted by atomic mass is 16.3. The molecule has 0 saturated heterocycles. The first-order valence-electron chi connectivity index (χ1n) is 3.61. The van der Waals surface area contributed by atoms with E-state index in [1.807, 2.05) is 13.8 Å². The van der Waals surface area contributed by atoms with Crippen LogP contribution in [0.2, 0.25) is 0 Å². The molecule has 0 aromatic heterocycles. The van der Waals surface area contributed by atoms with Crippen LogP contribution >= 0.6 is 0 Å². The van der Waals surface area contributed by atoms with E-state index >= 15 is 0 Å². The van der Waals surface area contributed by atoms with Gasteiger partial charge in [-0.1, -0.05) is 25.4 Å². The molecule has 0 aliphatic rings. The maximum atomic E-state index is 10.0. The standard InChI is InChI=1S/C7H15N2O/c1-5(4-6(2)8)7(3)9-10/h5-8H,4H2,1-3H3/q-1. The molecule has 1 N–H and O–H groups in total. The lowest BCUT2D eigenvalue weighted by Gasteiger charge is -2.20. The summed E-state index contributed by atoms with van der Waals surface area (Å²) in [6.07, 6.45) is 0.757. The van der Waals surface area contributed by atoms with Gasteiger partial charge in [-0.15, -0.1) is 6.04 Å². The molecule has 60 valence electrons. The normalized spacial score (nSPS) is 19.6. The second kappa shape index (κ2) is 4.39. The molecule has 3 atom stereocenters. The van der Waals surface area contributed by atoms with E-state index in [9.17, 15) is 4.91 Å². The van der Waals surface area contributed by atoms with Crippen LogP contribution in [0.3, 0.4) is 0 Å². The summed E-state index contributed by atoms with van der Waals surface area (Å²) in [5.41, 5.74) is 7.23. The van der Waals surface area contributed by atoms with Crippen molar-refractivity contribution in [3.05, 3.63) is 10.6 Å². The van der Waals surface area contributed by atoms with Gasteiger partial charge in [0.25, 0.3) is 0 Å². The van der Waals surface area contributed by atoms with Crippen LogP contribution in [0.4, 0.5) is 0 Å². The lowest BCUT2D eigenvalue weighted by Crippen LogP contribution is -2.14. The third kappa shape index (κ3) is 3.56. The molecule has 0 rings (SSSR count). The number of nitrogens with zero attached hydrogens (tertiary/aromatic N) is 1. The Balaban J connectivity index is 3.60. The molecule has 0 aromatic carbocycles. The summed E-state index contributed by atoms with van der Waals surface area (Å²) in [7, 11) is 0. The molecule has 0 fully saturated rings. The molecule has 0 bridgehead atoms. The largest absolute Gasteiger partial charge is 0.675 e. The van der Waals surface area contributed by atoms with Crippen molar-refractivity contribution in [3.8, 4) is 0 Å². The van der Waals surface area contributed by atoms with Crippen LogP contribution in [0.25, 0.3) is 5.73 Å². The number of hydrogen-bond donors (Lipinski definition) is 0. The summed E-state index contributed by atoms with van der Waals surface area (Å²) in [4.78, 5) is 10.0. The summed E-state index contributed by atoms with van der Waals surface area (Å²) >= 11 is 0. The Morgan fingerprint density at radius 1 is 1.40 bits per heavy atom. The molecule has 3 nitrogen and oxygen atoms in total. The minimum absolute atomic E-state index is 0.0841. The van der Waals surface area contributed by atoms with Gasteiger partial charge in [0.05, 0.1) is 6.04 Å². The second-order valence-corrected chi connectivity index (χ2v) is 2.96. The number of rotatable bonds is 4. The number of nitrogens with one attached hydrogen (secondary N) is 1. The van der Waals surface area contributed by atoms with Crippen LogP contribution in [0, 0.1) is 10.8 Å². The average molecular weight is 143 g/mol. The minimum atomic E-state index is -0.146. The summed E-state index contributed by atoms with van der Waals surface area (Å²) in [5.74, 6) is 0.241. The third-order valence-electron chi connectivity index (χ3n) is 1.72. The molecule has 0 aliphatic carbocycles. The Labute approximate surface area is 62.0 Å². The topological polar surface area (TPSA) is 53.2 Å². The Morgan fingerprint density at radius 3 is 2.20 bits per heavy atom. The smallest absolute Gasteiger partial charge is 0.0916 e. The highest BCUT2D eigenvalue weighted by Crippen LogP contribution is 2.14. The highest BCUT2D eigenvalue weighted by Gasteiger charge is 2.10. The Hall–Kier alpha value is -0.440. The SMILES string of the molecule is CC([NH-])CC(C)C(C)N=O. The number of hydrogen-bond acceptors (Lipinski definition) is 2. The molecule has 3 unspecified atom stereocenters. The third-order valence-corrected chi connectivity index (χ3v) is 1.72. The van der Waals surface area contributed by atoms with Gasteiger partial charge in [0.2, 0.25) is 0 Å². The van der Waals surface area contributed by atoms with Crippen molar-refractivity contribution >= 4 is 0 Å². The van der Waals surface area contributed by atoms with Gasteiger partial charge in [-0.2, -0.15) is 4.91 Å². The van der Waals surface area contributed by atoms with Gasteiger partial charge in [0.1, 0.15) is 0 Å². The van der Waals surface area contributed by atoms with Crippen LogP contribution in [0.15, 0.2) is 5.18 Å². The predicted molar refractivity (Wildman–Crippen MR) is 42.8 cm³/mol. The molecule has 0 heterocycles. The molecular weight excluding hydrogens is 128 g/mol. The summed E-state index contributed by atoms with van der Waals surface area (Å²) < 4.78 is 0. The fourth-order valence-corrected chi connectivity index (χ4v) is 0.859. The lowest BCUT2D eigenvalue weighted by atomic mass is 9.97. The van der Waals surface area contributed by atoms with Crippen molar-refractivity contribution in [1.29, 1.82) is 0 Å². The average Bonchev–Trinajstić information content (AvgIpc) is 1.85. The highest BCUT2D eigenvalue weighted by molar-refractivity contribution is 4.75. The Morgan fingerprint density at radius 2 is 1.90 bits per heavy atom. The predicted octanol–water partition coefficient (Wildman–Crippen LogP) is 2.61. The molecule has 0 aromatic rings. The zero-order chi connectivity index (χ0) is 8.15. The number of nitroso groups, excluding NO2 is 1. The van der Waals surface area contributed by atoms with E-state index < -0.39 is 0 Å². The van der Waals surface area contributed by atoms with Crippen molar-refractivity contribution in [1.82, 2.24) is 0 Å². The maximum absolute atomic E-state index is 10.0. The first-order chi connectivity index (χ1) is 4.57. The fraction of sp³-hybridized carbons (Fsp3) is 1.00. The van der Waals surface area contributed by atoms with E-state index in [4.69, 9.17) is 5.73 Å². The first-order valence-corrected chi connectivity index (χ1v) is 3.61. The van der Waals surface area contributed by atoms with Crippen LogP contribution < -0.4 is 0 Å². The second-order valence-electron chi connectivity index (χ2n) is 2.96. The first kappa shape index (κ1) is 9.56. The van der Waals surface area contributed by atoms with Crippen molar-refractivity contribution in [2.24, 2.45) is 11.1 Å². The molecule has 0 spiro atoms. The van der Waals surface area contributed by atoms with Crippen molar-refractivity contribution < 1.29 is 0 Å². The summed E-state index contributed by atoms with van der Waals surface area (Å²) in [5, 5.41) is 2.91. The van der Waals surface area contributed by atoms with Gasteiger partial charge in [0, 0.05) is 0 Å². The van der Waals surface area contributed by atoms with Gasteiger partial charge in [0.15, 0.2) is 0 Å². The summed E-state index contributed by atoms with van der Waals surface area (Å²) in [6, 6.07) is -0.230. The summed E-state index contributed by atoms with van der Waals surface area (Å²) in [6.45, 7) is 5.57. The van der Waals surface area contributed by atoms with E-state index in [0.29, 0.717) is 0 Å². The fourth-order valence-electron chi connectivity index (χ4n) is 0.859.